The van der Waals surface area contributed by atoms with Crippen molar-refractivity contribution < 1.29 is 4.79 Å². The highest BCUT2D eigenvalue weighted by Crippen LogP contribution is 2.30. The van der Waals surface area contributed by atoms with Gasteiger partial charge >= 0.3 is 0 Å². The summed E-state index contributed by atoms with van der Waals surface area (Å²) < 4.78 is 0. The maximum Gasteiger partial charge on any atom is 0.262 e. The number of carbonyl (C=O) groups excluding carboxylic acids is 1. The zero-order valence-corrected chi connectivity index (χ0v) is 11.8. The molecular weight excluding hydrogens is 254 g/mol. The third-order valence-electron chi connectivity index (χ3n) is 3.74. The highest BCUT2D eigenvalue weighted by molar-refractivity contribution is 7.12. The van der Waals surface area contributed by atoms with Gasteiger partial charge in [-0.15, -0.1) is 11.3 Å². The molecule has 1 aliphatic rings. The Kier molecular flexibility index (Phi) is 3.38. The second kappa shape index (κ2) is 5.17. The molecule has 0 saturated heterocycles. The van der Waals surface area contributed by atoms with Gasteiger partial charge in [-0.1, -0.05) is 24.3 Å². The van der Waals surface area contributed by atoms with Gasteiger partial charge in [0, 0.05) is 0 Å². The van der Waals surface area contributed by atoms with Crippen molar-refractivity contribution in [3.8, 4) is 0 Å². The summed E-state index contributed by atoms with van der Waals surface area (Å²) >= 11 is 1.52. The fourth-order valence-electron chi connectivity index (χ4n) is 2.73. The Balaban J connectivity index is 1.82. The van der Waals surface area contributed by atoms with Crippen molar-refractivity contribution in [1.29, 1.82) is 0 Å². The lowest BCUT2D eigenvalue weighted by molar-refractivity contribution is 0.0936. The van der Waals surface area contributed by atoms with E-state index >= 15 is 0 Å². The number of hydrogen-bond donors (Lipinski definition) is 1. The van der Waals surface area contributed by atoms with Gasteiger partial charge in [-0.3, -0.25) is 4.79 Å². The van der Waals surface area contributed by atoms with Crippen molar-refractivity contribution in [3.05, 3.63) is 57.3 Å². The van der Waals surface area contributed by atoms with E-state index < -0.39 is 0 Å². The summed E-state index contributed by atoms with van der Waals surface area (Å²) in [7, 11) is 0. The van der Waals surface area contributed by atoms with Crippen LogP contribution in [0.4, 0.5) is 0 Å². The molecule has 98 valence electrons. The molecule has 0 saturated carbocycles. The van der Waals surface area contributed by atoms with E-state index in [0.717, 1.165) is 29.7 Å². The number of rotatable bonds is 2. The van der Waals surface area contributed by atoms with Crippen molar-refractivity contribution in [2.45, 2.75) is 32.2 Å². The number of hydrogen-bond acceptors (Lipinski definition) is 2. The molecule has 0 fully saturated rings. The van der Waals surface area contributed by atoms with E-state index in [2.05, 4.69) is 29.6 Å². The monoisotopic (exact) mass is 271 g/mol. The second-order valence-electron chi connectivity index (χ2n) is 5.05. The van der Waals surface area contributed by atoms with Gasteiger partial charge in [0.15, 0.2) is 0 Å². The van der Waals surface area contributed by atoms with Gasteiger partial charge in [-0.05, 0) is 54.3 Å². The zero-order valence-electron chi connectivity index (χ0n) is 11.0. The molecule has 1 N–H and O–H groups in total. The minimum atomic E-state index is 0.0641. The Morgan fingerprint density at radius 1 is 1.32 bits per heavy atom. The van der Waals surface area contributed by atoms with Gasteiger partial charge in [-0.2, -0.15) is 0 Å². The first-order chi connectivity index (χ1) is 9.25. The molecule has 1 aliphatic carbocycles. The van der Waals surface area contributed by atoms with E-state index in [1.807, 2.05) is 18.4 Å². The molecule has 0 unspecified atom stereocenters. The van der Waals surface area contributed by atoms with E-state index in [1.54, 1.807) is 0 Å². The van der Waals surface area contributed by atoms with Crippen LogP contribution >= 0.6 is 11.3 Å². The number of nitrogens with one attached hydrogen (secondary N) is 1. The SMILES string of the molecule is Cc1ccsc1C(=O)N[C@@H]1CCCc2ccccc21. The fraction of sp³-hybridized carbons (Fsp3) is 0.312. The highest BCUT2D eigenvalue weighted by atomic mass is 32.1. The lowest BCUT2D eigenvalue weighted by Crippen LogP contribution is -2.30. The maximum atomic E-state index is 12.3. The average Bonchev–Trinajstić information content (AvgIpc) is 2.85. The standard InChI is InChI=1S/C16H17NOS/c1-11-9-10-19-15(11)16(18)17-14-8-4-6-12-5-2-3-7-13(12)14/h2-3,5,7,9-10,14H,4,6,8H2,1H3,(H,17,18)/t14-/m1/s1. The summed E-state index contributed by atoms with van der Waals surface area (Å²) in [4.78, 5) is 13.1. The molecule has 1 amide bonds. The topological polar surface area (TPSA) is 29.1 Å². The van der Waals surface area contributed by atoms with Crippen LogP contribution in [0.25, 0.3) is 0 Å². The predicted molar refractivity (Wildman–Crippen MR) is 78.6 cm³/mol. The van der Waals surface area contributed by atoms with Crippen LogP contribution in [0.1, 0.15) is 45.2 Å². The smallest absolute Gasteiger partial charge is 0.262 e. The van der Waals surface area contributed by atoms with Crippen LogP contribution in [0.15, 0.2) is 35.7 Å². The summed E-state index contributed by atoms with van der Waals surface area (Å²) in [6, 6.07) is 10.6. The zero-order chi connectivity index (χ0) is 13.2. The molecule has 1 aromatic carbocycles. The predicted octanol–water partition coefficient (Wildman–Crippen LogP) is 3.86. The molecule has 1 heterocycles. The van der Waals surface area contributed by atoms with Crippen LogP contribution in [0.2, 0.25) is 0 Å². The van der Waals surface area contributed by atoms with E-state index in [1.165, 1.54) is 22.5 Å². The largest absolute Gasteiger partial charge is 0.345 e. The fourth-order valence-corrected chi connectivity index (χ4v) is 3.56. The summed E-state index contributed by atoms with van der Waals surface area (Å²) in [5.41, 5.74) is 3.73. The Morgan fingerprint density at radius 3 is 2.95 bits per heavy atom. The molecule has 3 heteroatoms. The maximum absolute atomic E-state index is 12.3. The first kappa shape index (κ1) is 12.4. The van der Waals surface area contributed by atoms with Crippen molar-refractivity contribution in [2.24, 2.45) is 0 Å². The third kappa shape index (κ3) is 2.43. The molecule has 2 nitrogen and oxygen atoms in total. The molecule has 0 aliphatic heterocycles. The van der Waals surface area contributed by atoms with E-state index in [0.29, 0.717) is 0 Å². The molecule has 0 spiro atoms. The molecular formula is C16H17NOS. The van der Waals surface area contributed by atoms with Crippen LogP contribution in [-0.4, -0.2) is 5.91 Å². The van der Waals surface area contributed by atoms with Gasteiger partial charge < -0.3 is 5.32 Å². The number of carbonyl (C=O) groups is 1. The van der Waals surface area contributed by atoms with E-state index in [-0.39, 0.29) is 11.9 Å². The Labute approximate surface area is 117 Å². The van der Waals surface area contributed by atoms with Crippen LogP contribution in [0, 0.1) is 6.92 Å². The number of benzene rings is 1. The number of fused-ring (bicyclic) bond motifs is 1. The minimum Gasteiger partial charge on any atom is -0.345 e. The van der Waals surface area contributed by atoms with Gasteiger partial charge in [0.1, 0.15) is 0 Å². The molecule has 0 radical (unpaired) electrons. The van der Waals surface area contributed by atoms with Crippen LogP contribution < -0.4 is 5.32 Å². The quantitative estimate of drug-likeness (QED) is 0.882. The third-order valence-corrected chi connectivity index (χ3v) is 4.76. The van der Waals surface area contributed by atoms with Crippen molar-refractivity contribution in [3.63, 3.8) is 0 Å². The molecule has 19 heavy (non-hydrogen) atoms. The summed E-state index contributed by atoms with van der Waals surface area (Å²) in [5.74, 6) is 0.0641. The molecule has 1 aromatic heterocycles. The molecule has 0 bridgehead atoms. The van der Waals surface area contributed by atoms with E-state index in [9.17, 15) is 4.79 Å². The lowest BCUT2D eigenvalue weighted by Gasteiger charge is -2.26. The first-order valence-corrected chi connectivity index (χ1v) is 7.56. The van der Waals surface area contributed by atoms with E-state index in [4.69, 9.17) is 0 Å². The Bertz CT molecular complexity index is 602. The molecule has 2 aromatic rings. The highest BCUT2D eigenvalue weighted by Gasteiger charge is 2.22. The minimum absolute atomic E-state index is 0.0641. The Morgan fingerprint density at radius 2 is 2.16 bits per heavy atom. The number of amides is 1. The van der Waals surface area contributed by atoms with Gasteiger partial charge in [0.05, 0.1) is 10.9 Å². The second-order valence-corrected chi connectivity index (χ2v) is 5.97. The molecule has 3 rings (SSSR count). The molecule has 1 atom stereocenters. The van der Waals surface area contributed by atoms with Crippen molar-refractivity contribution in [2.75, 3.05) is 0 Å². The summed E-state index contributed by atoms with van der Waals surface area (Å²) in [6.07, 6.45) is 3.30. The van der Waals surface area contributed by atoms with Crippen LogP contribution in [0.5, 0.6) is 0 Å². The van der Waals surface area contributed by atoms with Crippen LogP contribution in [0.3, 0.4) is 0 Å². The summed E-state index contributed by atoms with van der Waals surface area (Å²) in [6.45, 7) is 1.99. The number of thiophene rings is 1. The van der Waals surface area contributed by atoms with Gasteiger partial charge in [-0.25, -0.2) is 0 Å². The van der Waals surface area contributed by atoms with Gasteiger partial charge in [0.25, 0.3) is 5.91 Å². The Hall–Kier alpha value is -1.61. The average molecular weight is 271 g/mol. The lowest BCUT2D eigenvalue weighted by atomic mass is 9.88. The van der Waals surface area contributed by atoms with Crippen LogP contribution in [-0.2, 0) is 6.42 Å². The van der Waals surface area contributed by atoms with Crippen molar-refractivity contribution >= 4 is 17.2 Å². The summed E-state index contributed by atoms with van der Waals surface area (Å²) in [5, 5.41) is 5.16. The van der Waals surface area contributed by atoms with Crippen molar-refractivity contribution in [1.82, 2.24) is 5.32 Å². The normalized spacial score (nSPS) is 17.8. The number of aryl methyl sites for hydroxylation is 2. The van der Waals surface area contributed by atoms with Gasteiger partial charge in [0.2, 0.25) is 0 Å². The first-order valence-electron chi connectivity index (χ1n) is 6.68.